The molecule has 2 heterocycles. The number of pyridine rings is 1. The Morgan fingerprint density at radius 3 is 2.65 bits per heavy atom. The van der Waals surface area contributed by atoms with E-state index in [1.807, 2.05) is 24.3 Å². The third-order valence-corrected chi connectivity index (χ3v) is 6.25. The summed E-state index contributed by atoms with van der Waals surface area (Å²) in [5.74, 6) is 0.948. The molecule has 1 aliphatic carbocycles. The van der Waals surface area contributed by atoms with E-state index < -0.39 is 5.60 Å². The van der Waals surface area contributed by atoms with E-state index in [4.69, 9.17) is 4.98 Å². The topological polar surface area (TPSA) is 73.8 Å². The van der Waals surface area contributed by atoms with Gasteiger partial charge in [-0.15, -0.1) is 0 Å². The van der Waals surface area contributed by atoms with Crippen LogP contribution in [0.5, 0.6) is 0 Å². The van der Waals surface area contributed by atoms with Crippen molar-refractivity contribution in [2.45, 2.75) is 37.2 Å². The van der Waals surface area contributed by atoms with Gasteiger partial charge in [-0.1, -0.05) is 24.3 Å². The Kier molecular flexibility index (Phi) is 5.16. The molecule has 2 aromatic carbocycles. The quantitative estimate of drug-likeness (QED) is 0.415. The Hall–Kier alpha value is -3.25. The summed E-state index contributed by atoms with van der Waals surface area (Å²) in [7, 11) is 0. The number of nitrogens with one attached hydrogen (secondary N) is 2. The molecule has 158 valence electrons. The Morgan fingerprint density at radius 1 is 1.06 bits per heavy atom. The standard InChI is InChI=1S/C25H25FN4O/c26-19-5-1-2-7-21(19)28-16-25(31)12-10-17(11-13-25)24-29-22-9-8-18(15-23(22)30-24)20-6-3-4-14-27-20/h1-9,14-15,17,28,31H,10-13,16H2,(H,29,30)/t17-,25-. The first-order valence-electron chi connectivity index (χ1n) is 10.7. The molecule has 0 radical (unpaired) electrons. The number of aromatic amines is 1. The molecule has 5 nitrogen and oxygen atoms in total. The number of nitrogens with zero attached hydrogens (tertiary/aromatic N) is 2. The zero-order valence-electron chi connectivity index (χ0n) is 17.2. The molecule has 0 unspecified atom stereocenters. The molecule has 1 aliphatic rings. The lowest BCUT2D eigenvalue weighted by Gasteiger charge is -2.35. The van der Waals surface area contributed by atoms with Crippen molar-refractivity contribution in [3.8, 4) is 11.3 Å². The molecule has 0 bridgehead atoms. The van der Waals surface area contributed by atoms with Crippen molar-refractivity contribution < 1.29 is 9.50 Å². The van der Waals surface area contributed by atoms with E-state index in [0.717, 1.165) is 41.0 Å². The summed E-state index contributed by atoms with van der Waals surface area (Å²) >= 11 is 0. The van der Waals surface area contributed by atoms with E-state index in [-0.39, 0.29) is 11.7 Å². The Bertz CT molecular complexity index is 1180. The van der Waals surface area contributed by atoms with Gasteiger partial charge < -0.3 is 15.4 Å². The van der Waals surface area contributed by atoms with Crippen LogP contribution < -0.4 is 5.32 Å². The smallest absolute Gasteiger partial charge is 0.146 e. The van der Waals surface area contributed by atoms with E-state index in [1.165, 1.54) is 6.07 Å². The van der Waals surface area contributed by atoms with E-state index in [2.05, 4.69) is 27.4 Å². The van der Waals surface area contributed by atoms with Gasteiger partial charge in [0.1, 0.15) is 11.6 Å². The number of anilines is 1. The number of hydrogen-bond donors (Lipinski definition) is 3. The fraction of sp³-hybridized carbons (Fsp3) is 0.280. The van der Waals surface area contributed by atoms with Gasteiger partial charge in [0.15, 0.2) is 0 Å². The van der Waals surface area contributed by atoms with Crippen molar-refractivity contribution in [2.24, 2.45) is 0 Å². The minimum absolute atomic E-state index is 0.277. The molecule has 31 heavy (non-hydrogen) atoms. The summed E-state index contributed by atoms with van der Waals surface area (Å²) in [6.45, 7) is 0.341. The number of imidazole rings is 1. The predicted octanol–water partition coefficient (Wildman–Crippen LogP) is 5.26. The molecule has 2 aromatic heterocycles. The first-order chi connectivity index (χ1) is 15.1. The van der Waals surface area contributed by atoms with Gasteiger partial charge in [-0.05, 0) is 62.1 Å². The maximum Gasteiger partial charge on any atom is 0.146 e. The number of aliphatic hydroxyl groups is 1. The average Bonchev–Trinajstić information content (AvgIpc) is 3.23. The van der Waals surface area contributed by atoms with Gasteiger partial charge in [0.05, 0.1) is 28.0 Å². The van der Waals surface area contributed by atoms with Crippen LogP contribution in [-0.4, -0.2) is 32.2 Å². The zero-order chi connectivity index (χ0) is 21.3. The van der Waals surface area contributed by atoms with Gasteiger partial charge in [0.25, 0.3) is 0 Å². The minimum atomic E-state index is -0.836. The SMILES string of the molecule is O[C@]1(CNc2ccccc2F)CC[C@@H](c2nc3cc(-c4ccccn4)ccc3[nH]2)CC1. The lowest BCUT2D eigenvalue weighted by Crippen LogP contribution is -2.40. The predicted molar refractivity (Wildman–Crippen MR) is 120 cm³/mol. The second-order valence-corrected chi connectivity index (χ2v) is 8.40. The van der Waals surface area contributed by atoms with Crippen molar-refractivity contribution in [1.29, 1.82) is 0 Å². The van der Waals surface area contributed by atoms with Gasteiger partial charge in [0, 0.05) is 24.2 Å². The molecule has 1 saturated carbocycles. The van der Waals surface area contributed by atoms with Crippen LogP contribution in [0.1, 0.15) is 37.4 Å². The van der Waals surface area contributed by atoms with Crippen LogP contribution in [0.25, 0.3) is 22.3 Å². The van der Waals surface area contributed by atoms with Crippen molar-refractivity contribution in [3.05, 3.63) is 78.5 Å². The van der Waals surface area contributed by atoms with Crippen molar-refractivity contribution in [1.82, 2.24) is 15.0 Å². The number of fused-ring (bicyclic) bond motifs is 1. The van der Waals surface area contributed by atoms with E-state index in [1.54, 1.807) is 24.4 Å². The molecule has 6 heteroatoms. The van der Waals surface area contributed by atoms with Gasteiger partial charge in [-0.2, -0.15) is 0 Å². The first kappa shape index (κ1) is 19.7. The summed E-state index contributed by atoms with van der Waals surface area (Å²) in [6, 6.07) is 18.6. The van der Waals surface area contributed by atoms with Crippen LogP contribution in [-0.2, 0) is 0 Å². The van der Waals surface area contributed by atoms with Crippen molar-refractivity contribution >= 4 is 16.7 Å². The molecule has 0 aliphatic heterocycles. The number of halogens is 1. The molecule has 0 saturated heterocycles. The highest BCUT2D eigenvalue weighted by Crippen LogP contribution is 2.38. The summed E-state index contributed by atoms with van der Waals surface area (Å²) in [5, 5.41) is 14.0. The first-order valence-corrected chi connectivity index (χ1v) is 10.7. The van der Waals surface area contributed by atoms with Gasteiger partial charge >= 0.3 is 0 Å². The van der Waals surface area contributed by atoms with Crippen LogP contribution in [0.4, 0.5) is 10.1 Å². The van der Waals surface area contributed by atoms with Crippen molar-refractivity contribution in [3.63, 3.8) is 0 Å². The Labute approximate surface area is 180 Å². The largest absolute Gasteiger partial charge is 0.388 e. The normalized spacial score (nSPS) is 21.3. The highest BCUT2D eigenvalue weighted by molar-refractivity contribution is 5.81. The fourth-order valence-electron chi connectivity index (χ4n) is 4.38. The van der Waals surface area contributed by atoms with Gasteiger partial charge in [0.2, 0.25) is 0 Å². The Morgan fingerprint density at radius 2 is 1.87 bits per heavy atom. The number of rotatable bonds is 5. The average molecular weight is 417 g/mol. The molecule has 1 fully saturated rings. The molecular formula is C25H25FN4O. The van der Waals surface area contributed by atoms with E-state index in [9.17, 15) is 9.50 Å². The lowest BCUT2D eigenvalue weighted by atomic mass is 9.78. The van der Waals surface area contributed by atoms with Crippen LogP contribution in [0.2, 0.25) is 0 Å². The summed E-state index contributed by atoms with van der Waals surface area (Å²) < 4.78 is 13.8. The Balaban J connectivity index is 1.26. The van der Waals surface area contributed by atoms with Crippen molar-refractivity contribution in [2.75, 3.05) is 11.9 Å². The maximum atomic E-state index is 13.8. The molecule has 0 amide bonds. The summed E-state index contributed by atoms with van der Waals surface area (Å²) in [5.41, 5.74) is 3.51. The van der Waals surface area contributed by atoms with E-state index in [0.29, 0.717) is 25.1 Å². The summed E-state index contributed by atoms with van der Waals surface area (Å²) in [4.78, 5) is 12.7. The van der Waals surface area contributed by atoms with E-state index >= 15 is 0 Å². The van der Waals surface area contributed by atoms with Crippen LogP contribution in [0, 0.1) is 5.82 Å². The molecule has 5 rings (SSSR count). The van der Waals surface area contributed by atoms with Crippen LogP contribution in [0.3, 0.4) is 0 Å². The van der Waals surface area contributed by atoms with Crippen LogP contribution in [0.15, 0.2) is 66.9 Å². The fourth-order valence-corrected chi connectivity index (χ4v) is 4.38. The highest BCUT2D eigenvalue weighted by atomic mass is 19.1. The molecule has 4 aromatic rings. The number of hydrogen-bond acceptors (Lipinski definition) is 4. The zero-order valence-corrected chi connectivity index (χ0v) is 17.2. The number of para-hydroxylation sites is 1. The number of H-pyrrole nitrogens is 1. The maximum absolute atomic E-state index is 13.8. The minimum Gasteiger partial charge on any atom is -0.388 e. The number of aromatic nitrogens is 3. The monoisotopic (exact) mass is 416 g/mol. The molecular weight excluding hydrogens is 391 g/mol. The second kappa shape index (κ2) is 8.12. The highest BCUT2D eigenvalue weighted by Gasteiger charge is 2.34. The van der Waals surface area contributed by atoms with Gasteiger partial charge in [-0.25, -0.2) is 9.37 Å². The third-order valence-electron chi connectivity index (χ3n) is 6.25. The molecule has 0 spiro atoms. The molecule has 3 N–H and O–H groups in total. The van der Waals surface area contributed by atoms with Gasteiger partial charge in [-0.3, -0.25) is 4.98 Å². The second-order valence-electron chi connectivity index (χ2n) is 8.40. The summed E-state index contributed by atoms with van der Waals surface area (Å²) in [6.07, 6.45) is 4.76. The molecule has 0 atom stereocenters. The number of benzene rings is 2. The third kappa shape index (κ3) is 4.16. The lowest BCUT2D eigenvalue weighted by molar-refractivity contribution is 0.0109. The van der Waals surface area contributed by atoms with Crippen LogP contribution >= 0.6 is 0 Å².